The molecule has 0 unspecified atom stereocenters. The van der Waals surface area contributed by atoms with Gasteiger partial charge in [0.2, 0.25) is 0 Å². The number of benzene rings is 2. The van der Waals surface area contributed by atoms with E-state index < -0.39 is 0 Å². The lowest BCUT2D eigenvalue weighted by atomic mass is 10.1. The zero-order valence-electron chi connectivity index (χ0n) is 13.9. The van der Waals surface area contributed by atoms with Crippen molar-refractivity contribution in [2.45, 2.75) is 6.42 Å². The number of aromatic nitrogens is 5. The van der Waals surface area contributed by atoms with Gasteiger partial charge in [0.05, 0.1) is 6.20 Å². The Morgan fingerprint density at radius 2 is 1.54 bits per heavy atom. The summed E-state index contributed by atoms with van der Waals surface area (Å²) in [5.74, 6) is 0.872. The van der Waals surface area contributed by atoms with Gasteiger partial charge in [0, 0.05) is 18.2 Å². The molecule has 0 amide bonds. The molecule has 0 atom stereocenters. The van der Waals surface area contributed by atoms with Crippen LogP contribution in [0.4, 0.5) is 0 Å². The van der Waals surface area contributed by atoms with E-state index in [1.807, 2.05) is 59.1 Å². The largest absolute Gasteiger partial charge is 0.262 e. The van der Waals surface area contributed by atoms with Crippen LogP contribution in [0, 0.1) is 0 Å². The highest BCUT2D eigenvalue weighted by Gasteiger charge is 2.16. The van der Waals surface area contributed by atoms with E-state index in [2.05, 4.69) is 17.1 Å². The van der Waals surface area contributed by atoms with Gasteiger partial charge < -0.3 is 0 Å². The summed E-state index contributed by atoms with van der Waals surface area (Å²) in [7, 11) is 0. The van der Waals surface area contributed by atoms with Crippen molar-refractivity contribution in [2.24, 2.45) is 0 Å². The van der Waals surface area contributed by atoms with Crippen LogP contribution in [0.25, 0.3) is 27.9 Å². The van der Waals surface area contributed by atoms with Crippen molar-refractivity contribution in [1.82, 2.24) is 24.6 Å². The Kier molecular flexibility index (Phi) is 3.42. The fraction of sp³-hybridized carbons (Fsp3) is 0.0476. The molecule has 2 aromatic carbocycles. The van der Waals surface area contributed by atoms with Gasteiger partial charge >= 0.3 is 0 Å². The van der Waals surface area contributed by atoms with E-state index in [0.29, 0.717) is 6.42 Å². The summed E-state index contributed by atoms with van der Waals surface area (Å²) in [6.45, 7) is 0. The Morgan fingerprint density at radius 3 is 2.35 bits per heavy atom. The smallest absolute Gasteiger partial charge is 0.182 e. The van der Waals surface area contributed by atoms with Gasteiger partial charge in [-0.25, -0.2) is 9.97 Å². The zero-order valence-corrected chi connectivity index (χ0v) is 13.9. The monoisotopic (exact) mass is 337 g/mol. The van der Waals surface area contributed by atoms with E-state index in [4.69, 9.17) is 15.1 Å². The Balaban J connectivity index is 1.77. The fourth-order valence-corrected chi connectivity index (χ4v) is 3.11. The molecule has 0 spiro atoms. The van der Waals surface area contributed by atoms with Gasteiger partial charge in [0.15, 0.2) is 5.65 Å². The molecule has 5 nitrogen and oxygen atoms in total. The van der Waals surface area contributed by atoms with Crippen molar-refractivity contribution in [2.75, 3.05) is 0 Å². The Morgan fingerprint density at radius 1 is 0.769 bits per heavy atom. The number of hydrogen-bond acceptors (Lipinski definition) is 4. The van der Waals surface area contributed by atoms with Gasteiger partial charge in [0.25, 0.3) is 0 Å². The summed E-state index contributed by atoms with van der Waals surface area (Å²) in [4.78, 5) is 13.9. The number of hydrogen-bond donors (Lipinski definition) is 0. The van der Waals surface area contributed by atoms with E-state index >= 15 is 0 Å². The summed E-state index contributed by atoms with van der Waals surface area (Å²) in [5.41, 5.74) is 5.39. The molecular formula is C21H15N5. The van der Waals surface area contributed by atoms with Gasteiger partial charge in [-0.3, -0.25) is 4.98 Å². The molecule has 0 radical (unpaired) electrons. The fourth-order valence-electron chi connectivity index (χ4n) is 3.11. The molecule has 26 heavy (non-hydrogen) atoms. The molecule has 3 heterocycles. The minimum absolute atomic E-state index is 0.695. The summed E-state index contributed by atoms with van der Waals surface area (Å²) < 4.78 is 1.86. The SMILES string of the molecule is c1ccc(Cc2nc(-c3ccccc3)c3nc4cnccc4nn23)cc1. The first-order valence-corrected chi connectivity index (χ1v) is 8.47. The summed E-state index contributed by atoms with van der Waals surface area (Å²) in [6.07, 6.45) is 4.16. The second kappa shape index (κ2) is 6.04. The predicted octanol–water partition coefficient (Wildman–Crippen LogP) is 3.93. The molecule has 0 bridgehead atoms. The van der Waals surface area contributed by atoms with Crippen LogP contribution in [-0.4, -0.2) is 24.6 Å². The van der Waals surface area contributed by atoms with Gasteiger partial charge in [-0.2, -0.15) is 9.61 Å². The Bertz CT molecular complexity index is 1200. The van der Waals surface area contributed by atoms with Gasteiger partial charge in [-0.1, -0.05) is 60.7 Å². The maximum atomic E-state index is 4.90. The molecule has 5 aromatic rings. The first-order chi connectivity index (χ1) is 12.9. The lowest BCUT2D eigenvalue weighted by molar-refractivity contribution is 0.848. The van der Waals surface area contributed by atoms with Crippen molar-refractivity contribution in [3.05, 3.63) is 90.5 Å². The average molecular weight is 337 g/mol. The van der Waals surface area contributed by atoms with Crippen molar-refractivity contribution in [3.8, 4) is 11.3 Å². The molecule has 3 aromatic heterocycles. The molecule has 0 aliphatic carbocycles. The standard InChI is InChI=1S/C21H15N5/c1-3-7-15(8-4-1)13-19-24-20(16-9-5-2-6-10-16)21-23-18-14-22-12-11-17(18)25-26(19)21/h1-12,14H,13H2. The van der Waals surface area contributed by atoms with E-state index in [-0.39, 0.29) is 0 Å². The number of pyridine rings is 1. The van der Waals surface area contributed by atoms with Crippen molar-refractivity contribution in [1.29, 1.82) is 0 Å². The third kappa shape index (κ3) is 2.50. The third-order valence-corrected chi connectivity index (χ3v) is 4.36. The quantitative estimate of drug-likeness (QED) is 0.500. The molecule has 5 rings (SSSR count). The maximum Gasteiger partial charge on any atom is 0.182 e. The van der Waals surface area contributed by atoms with Crippen LogP contribution in [-0.2, 0) is 6.42 Å². The number of nitrogens with zero attached hydrogens (tertiary/aromatic N) is 5. The second-order valence-corrected chi connectivity index (χ2v) is 6.12. The highest BCUT2D eigenvalue weighted by Crippen LogP contribution is 2.25. The average Bonchev–Trinajstić information content (AvgIpc) is 3.05. The number of rotatable bonds is 3. The summed E-state index contributed by atoms with van der Waals surface area (Å²) in [6, 6.07) is 22.3. The van der Waals surface area contributed by atoms with Crippen LogP contribution in [0.1, 0.15) is 11.4 Å². The second-order valence-electron chi connectivity index (χ2n) is 6.12. The molecule has 0 saturated carbocycles. The van der Waals surface area contributed by atoms with Crippen LogP contribution in [0.3, 0.4) is 0 Å². The van der Waals surface area contributed by atoms with Crippen LogP contribution < -0.4 is 0 Å². The molecular weight excluding hydrogens is 322 g/mol. The van der Waals surface area contributed by atoms with Gasteiger partial charge in [0.1, 0.15) is 22.6 Å². The van der Waals surface area contributed by atoms with Crippen LogP contribution in [0.2, 0.25) is 0 Å². The minimum Gasteiger partial charge on any atom is -0.262 e. The highest BCUT2D eigenvalue weighted by atomic mass is 15.3. The van der Waals surface area contributed by atoms with Crippen molar-refractivity contribution >= 4 is 16.7 Å². The first kappa shape index (κ1) is 14.7. The molecule has 124 valence electrons. The van der Waals surface area contributed by atoms with Crippen LogP contribution in [0.15, 0.2) is 79.1 Å². The highest BCUT2D eigenvalue weighted by molar-refractivity contribution is 5.80. The van der Waals surface area contributed by atoms with E-state index in [1.165, 1.54) is 5.56 Å². The zero-order chi connectivity index (χ0) is 17.3. The van der Waals surface area contributed by atoms with Crippen LogP contribution >= 0.6 is 0 Å². The molecule has 5 heteroatoms. The number of imidazole rings is 1. The maximum absolute atomic E-state index is 4.90. The van der Waals surface area contributed by atoms with Gasteiger partial charge in [-0.15, -0.1) is 0 Å². The molecule has 0 fully saturated rings. The molecule has 0 aliphatic rings. The number of fused-ring (bicyclic) bond motifs is 2. The Labute approximate surface area is 150 Å². The Hall–Kier alpha value is -3.60. The van der Waals surface area contributed by atoms with E-state index in [0.717, 1.165) is 33.8 Å². The first-order valence-electron chi connectivity index (χ1n) is 8.47. The predicted molar refractivity (Wildman–Crippen MR) is 101 cm³/mol. The lowest BCUT2D eigenvalue weighted by Gasteiger charge is -2.02. The normalized spacial score (nSPS) is 11.2. The van der Waals surface area contributed by atoms with Gasteiger partial charge in [-0.05, 0) is 11.6 Å². The summed E-state index contributed by atoms with van der Waals surface area (Å²) in [5, 5.41) is 4.77. The molecule has 0 N–H and O–H groups in total. The minimum atomic E-state index is 0.695. The molecule has 0 saturated heterocycles. The lowest BCUT2D eigenvalue weighted by Crippen LogP contribution is -2.02. The molecule has 0 aliphatic heterocycles. The third-order valence-electron chi connectivity index (χ3n) is 4.36. The van der Waals surface area contributed by atoms with E-state index in [1.54, 1.807) is 12.4 Å². The topological polar surface area (TPSA) is 56.0 Å². The van der Waals surface area contributed by atoms with E-state index in [9.17, 15) is 0 Å². The van der Waals surface area contributed by atoms with Crippen molar-refractivity contribution < 1.29 is 0 Å². The van der Waals surface area contributed by atoms with Crippen molar-refractivity contribution in [3.63, 3.8) is 0 Å². The van der Waals surface area contributed by atoms with Crippen LogP contribution in [0.5, 0.6) is 0 Å². The summed E-state index contributed by atoms with van der Waals surface area (Å²) >= 11 is 0.